The summed E-state index contributed by atoms with van der Waals surface area (Å²) in [4.78, 5) is 16.6. The normalized spacial score (nSPS) is 12.8. The Morgan fingerprint density at radius 1 is 1.14 bits per heavy atom. The molecule has 1 unspecified atom stereocenters. The fraction of sp³-hybridized carbons (Fsp3) is 0.588. The maximum atomic E-state index is 12.7. The minimum atomic E-state index is -0.577. The van der Waals surface area contributed by atoms with Crippen LogP contribution >= 0.6 is 0 Å². The first-order valence-electron chi connectivity index (χ1n) is 7.57. The zero-order valence-corrected chi connectivity index (χ0v) is 14.0. The topological polar surface area (TPSA) is 49.6 Å². The number of benzene rings is 1. The van der Waals surface area contributed by atoms with Gasteiger partial charge in [-0.1, -0.05) is 43.7 Å². The van der Waals surface area contributed by atoms with Gasteiger partial charge in [0, 0.05) is 19.6 Å². The molecule has 0 bridgehead atoms. The van der Waals surface area contributed by atoms with Gasteiger partial charge in [0.15, 0.2) is 0 Å². The molecule has 21 heavy (non-hydrogen) atoms. The van der Waals surface area contributed by atoms with E-state index in [1.807, 2.05) is 50.2 Å². The third kappa shape index (κ3) is 5.86. The van der Waals surface area contributed by atoms with Crippen molar-refractivity contribution in [1.29, 1.82) is 0 Å². The highest BCUT2D eigenvalue weighted by molar-refractivity contribution is 5.83. The molecule has 0 aliphatic rings. The van der Waals surface area contributed by atoms with Crippen molar-refractivity contribution in [3.8, 4) is 0 Å². The highest BCUT2D eigenvalue weighted by Crippen LogP contribution is 2.15. The summed E-state index contributed by atoms with van der Waals surface area (Å²) in [7, 11) is 4.02. The van der Waals surface area contributed by atoms with Crippen molar-refractivity contribution in [3.63, 3.8) is 0 Å². The monoisotopic (exact) mass is 291 g/mol. The molecule has 0 aliphatic carbocycles. The Morgan fingerprint density at radius 3 is 2.19 bits per heavy atom. The maximum absolute atomic E-state index is 12.7. The molecule has 1 rings (SSSR count). The van der Waals surface area contributed by atoms with Crippen LogP contribution < -0.4 is 5.73 Å². The Labute approximate surface area is 128 Å². The molecule has 4 nitrogen and oxygen atoms in total. The molecule has 1 amide bonds. The van der Waals surface area contributed by atoms with E-state index < -0.39 is 6.04 Å². The van der Waals surface area contributed by atoms with Gasteiger partial charge < -0.3 is 15.5 Å². The van der Waals surface area contributed by atoms with Crippen molar-refractivity contribution in [1.82, 2.24) is 9.80 Å². The minimum Gasteiger partial charge on any atom is -0.340 e. The number of likely N-dealkylation sites (N-methyl/N-ethyl adjacent to an activating group) is 1. The summed E-state index contributed by atoms with van der Waals surface area (Å²) in [6.45, 7) is 8.56. The van der Waals surface area contributed by atoms with Gasteiger partial charge in [0.05, 0.1) is 0 Å². The lowest BCUT2D eigenvalue weighted by Gasteiger charge is -2.28. The number of rotatable bonds is 7. The molecular weight excluding hydrogens is 262 g/mol. The molecule has 0 heterocycles. The van der Waals surface area contributed by atoms with Crippen molar-refractivity contribution in [2.45, 2.75) is 26.8 Å². The zero-order valence-electron chi connectivity index (χ0n) is 14.0. The smallest absolute Gasteiger partial charge is 0.244 e. The number of carbonyl (C=O) groups excluding carboxylic acids is 1. The lowest BCUT2D eigenvalue weighted by molar-refractivity contribution is -0.133. The number of aryl methyl sites for hydroxylation is 1. The van der Waals surface area contributed by atoms with E-state index >= 15 is 0 Å². The Kier molecular flexibility index (Phi) is 6.85. The van der Waals surface area contributed by atoms with Gasteiger partial charge in [0.2, 0.25) is 5.91 Å². The van der Waals surface area contributed by atoms with Gasteiger partial charge in [0.25, 0.3) is 0 Å². The Balaban J connectivity index is 2.79. The fourth-order valence-corrected chi connectivity index (χ4v) is 2.17. The minimum absolute atomic E-state index is 0.00871. The van der Waals surface area contributed by atoms with Crippen molar-refractivity contribution in [2.75, 3.05) is 33.7 Å². The van der Waals surface area contributed by atoms with E-state index in [2.05, 4.69) is 18.7 Å². The lowest BCUT2D eigenvalue weighted by atomic mass is 10.0. The first-order chi connectivity index (χ1) is 9.81. The molecule has 0 saturated heterocycles. The Morgan fingerprint density at radius 2 is 1.71 bits per heavy atom. The number of carbonyl (C=O) groups is 1. The van der Waals surface area contributed by atoms with Gasteiger partial charge in [-0.3, -0.25) is 4.79 Å². The van der Waals surface area contributed by atoms with Crippen LogP contribution in [0, 0.1) is 12.8 Å². The number of amides is 1. The van der Waals surface area contributed by atoms with Gasteiger partial charge in [0.1, 0.15) is 6.04 Å². The molecule has 1 aromatic carbocycles. The third-order valence-electron chi connectivity index (χ3n) is 3.42. The Hall–Kier alpha value is -1.39. The first-order valence-corrected chi connectivity index (χ1v) is 7.57. The van der Waals surface area contributed by atoms with Gasteiger partial charge in [-0.05, 0) is 32.5 Å². The van der Waals surface area contributed by atoms with Crippen LogP contribution in [0.25, 0.3) is 0 Å². The Bertz CT molecular complexity index is 440. The summed E-state index contributed by atoms with van der Waals surface area (Å²) in [5.74, 6) is 0.440. The van der Waals surface area contributed by atoms with Crippen LogP contribution in [-0.2, 0) is 4.79 Å². The van der Waals surface area contributed by atoms with E-state index in [1.54, 1.807) is 0 Å². The van der Waals surface area contributed by atoms with Crippen LogP contribution in [0.2, 0.25) is 0 Å². The van der Waals surface area contributed by atoms with E-state index in [0.29, 0.717) is 12.5 Å². The lowest BCUT2D eigenvalue weighted by Crippen LogP contribution is -2.43. The molecule has 0 radical (unpaired) electrons. The van der Waals surface area contributed by atoms with E-state index in [-0.39, 0.29) is 5.91 Å². The second kappa shape index (κ2) is 8.15. The maximum Gasteiger partial charge on any atom is 0.244 e. The highest BCUT2D eigenvalue weighted by Gasteiger charge is 2.23. The molecule has 0 saturated carbocycles. The molecule has 1 aromatic rings. The van der Waals surface area contributed by atoms with E-state index in [0.717, 1.165) is 18.7 Å². The van der Waals surface area contributed by atoms with Gasteiger partial charge >= 0.3 is 0 Å². The van der Waals surface area contributed by atoms with Crippen LogP contribution in [0.4, 0.5) is 0 Å². The third-order valence-corrected chi connectivity index (χ3v) is 3.42. The number of nitrogens with zero attached hydrogens (tertiary/aromatic N) is 2. The van der Waals surface area contributed by atoms with Crippen LogP contribution in [-0.4, -0.2) is 49.4 Å². The van der Waals surface area contributed by atoms with Crippen molar-refractivity contribution < 1.29 is 4.79 Å². The number of nitrogens with two attached hydrogens (primary N) is 1. The van der Waals surface area contributed by atoms with Crippen LogP contribution in [0.15, 0.2) is 24.3 Å². The fourth-order valence-electron chi connectivity index (χ4n) is 2.17. The summed E-state index contributed by atoms with van der Waals surface area (Å²) in [6, 6.07) is 7.30. The van der Waals surface area contributed by atoms with Gasteiger partial charge in [-0.25, -0.2) is 0 Å². The predicted octanol–water partition coefficient (Wildman–Crippen LogP) is 2.04. The van der Waals surface area contributed by atoms with Crippen LogP contribution in [0.1, 0.15) is 31.0 Å². The molecule has 1 atom stereocenters. The van der Waals surface area contributed by atoms with Crippen molar-refractivity contribution in [3.05, 3.63) is 35.4 Å². The molecule has 0 spiro atoms. The van der Waals surface area contributed by atoms with E-state index in [4.69, 9.17) is 5.73 Å². The molecule has 0 aromatic heterocycles. The first kappa shape index (κ1) is 17.7. The molecule has 4 heteroatoms. The average Bonchev–Trinajstić information content (AvgIpc) is 2.42. The summed E-state index contributed by atoms with van der Waals surface area (Å²) in [5, 5.41) is 0. The van der Waals surface area contributed by atoms with Crippen LogP contribution in [0.5, 0.6) is 0 Å². The highest BCUT2D eigenvalue weighted by atomic mass is 16.2. The number of hydrogen-bond acceptors (Lipinski definition) is 3. The molecule has 2 N–H and O–H groups in total. The molecular formula is C17H29N3O. The average molecular weight is 291 g/mol. The number of hydrogen-bond donors (Lipinski definition) is 1. The second-order valence-corrected chi connectivity index (χ2v) is 6.37. The van der Waals surface area contributed by atoms with Crippen molar-refractivity contribution in [2.24, 2.45) is 11.7 Å². The summed E-state index contributed by atoms with van der Waals surface area (Å²) in [5.41, 5.74) is 8.22. The molecule has 0 aliphatic heterocycles. The largest absolute Gasteiger partial charge is 0.340 e. The van der Waals surface area contributed by atoms with Gasteiger partial charge in [-0.15, -0.1) is 0 Å². The van der Waals surface area contributed by atoms with Gasteiger partial charge in [-0.2, -0.15) is 0 Å². The summed E-state index contributed by atoms with van der Waals surface area (Å²) < 4.78 is 0. The van der Waals surface area contributed by atoms with Crippen LogP contribution in [0.3, 0.4) is 0 Å². The SMILES string of the molecule is Cc1ccc(C(N)C(=O)N(CCN(C)C)CC(C)C)cc1. The second-order valence-electron chi connectivity index (χ2n) is 6.37. The van der Waals surface area contributed by atoms with E-state index in [1.165, 1.54) is 5.56 Å². The molecule has 0 fully saturated rings. The van der Waals surface area contributed by atoms with Crippen molar-refractivity contribution >= 4 is 5.91 Å². The standard InChI is InChI=1S/C17H29N3O/c1-13(2)12-20(11-10-19(4)5)17(21)16(18)15-8-6-14(3)7-9-15/h6-9,13,16H,10-12,18H2,1-5H3. The summed E-state index contributed by atoms with van der Waals surface area (Å²) in [6.07, 6.45) is 0. The molecule has 118 valence electrons. The predicted molar refractivity (Wildman–Crippen MR) is 88.1 cm³/mol. The van der Waals surface area contributed by atoms with E-state index in [9.17, 15) is 4.79 Å². The summed E-state index contributed by atoms with van der Waals surface area (Å²) >= 11 is 0. The zero-order chi connectivity index (χ0) is 16.0. The quantitative estimate of drug-likeness (QED) is 0.836.